The monoisotopic (exact) mass is 336 g/mol. The Morgan fingerprint density at radius 1 is 0.696 bits per heavy atom. The Hall–Kier alpha value is -0.320. The second-order valence-corrected chi connectivity index (χ2v) is 5.48. The van der Waals surface area contributed by atoms with Crippen molar-refractivity contribution in [2.24, 2.45) is 0 Å². The van der Waals surface area contributed by atoms with Crippen molar-refractivity contribution in [1.29, 1.82) is 0 Å². The molecule has 0 aromatic rings. The molecule has 0 aromatic heterocycles. The zero-order valence-electron chi connectivity index (χ0n) is 13.9. The molecule has 1 aliphatic rings. The molecule has 1 fully saturated rings. The molecule has 23 heavy (non-hydrogen) atoms. The van der Waals surface area contributed by atoms with E-state index in [-0.39, 0.29) is 19.8 Å². The molecule has 8 nitrogen and oxygen atoms in total. The summed E-state index contributed by atoms with van der Waals surface area (Å²) < 4.78 is 22.1. The highest BCUT2D eigenvalue weighted by Gasteiger charge is 2.30. The second kappa shape index (κ2) is 14.1. The summed E-state index contributed by atoms with van der Waals surface area (Å²) in [5.74, 6) is 0. The van der Waals surface area contributed by atoms with Gasteiger partial charge >= 0.3 is 0 Å². The van der Waals surface area contributed by atoms with Crippen molar-refractivity contribution >= 4 is 0 Å². The molecule has 0 aromatic carbocycles. The smallest absolute Gasteiger partial charge is 0.137 e. The van der Waals surface area contributed by atoms with Crippen molar-refractivity contribution in [2.75, 3.05) is 85.6 Å². The normalized spacial score (nSPS) is 24.3. The van der Waals surface area contributed by atoms with E-state index in [4.69, 9.17) is 18.9 Å². The van der Waals surface area contributed by atoms with E-state index in [9.17, 15) is 10.2 Å². The average Bonchev–Trinajstić information content (AvgIpc) is 2.58. The van der Waals surface area contributed by atoms with Crippen LogP contribution in [0.3, 0.4) is 0 Å². The molecule has 8 heteroatoms. The molecule has 0 aliphatic carbocycles. The second-order valence-electron chi connectivity index (χ2n) is 5.48. The van der Waals surface area contributed by atoms with E-state index in [0.29, 0.717) is 52.7 Å². The van der Waals surface area contributed by atoms with Gasteiger partial charge in [-0.2, -0.15) is 0 Å². The van der Waals surface area contributed by atoms with E-state index in [1.807, 2.05) is 0 Å². The molecule has 0 radical (unpaired) electrons. The predicted octanol–water partition coefficient (Wildman–Crippen LogP) is -1.64. The SMILES string of the molecule is OCC1(CO)COCCNCCOCCCOCCNCCO1. The van der Waals surface area contributed by atoms with Crippen molar-refractivity contribution < 1.29 is 29.2 Å². The number of rotatable bonds is 2. The number of ether oxygens (including phenoxy) is 4. The first kappa shape index (κ1) is 20.7. The minimum atomic E-state index is -1.05. The maximum Gasteiger partial charge on any atom is 0.137 e. The van der Waals surface area contributed by atoms with E-state index >= 15 is 0 Å². The number of nitrogens with one attached hydrogen (secondary N) is 2. The zero-order valence-corrected chi connectivity index (χ0v) is 13.9. The number of hydrogen-bond donors (Lipinski definition) is 4. The Balaban J connectivity index is 2.32. The van der Waals surface area contributed by atoms with Gasteiger partial charge in [-0.15, -0.1) is 0 Å². The summed E-state index contributed by atoms with van der Waals surface area (Å²) in [5, 5.41) is 25.4. The molecule has 0 saturated carbocycles. The van der Waals surface area contributed by atoms with Crippen molar-refractivity contribution in [3.05, 3.63) is 0 Å². The highest BCUT2D eigenvalue weighted by atomic mass is 16.6. The van der Waals surface area contributed by atoms with Gasteiger partial charge in [0.15, 0.2) is 0 Å². The highest BCUT2D eigenvalue weighted by Crippen LogP contribution is 2.10. The van der Waals surface area contributed by atoms with Gasteiger partial charge in [-0.25, -0.2) is 0 Å². The third-order valence-corrected chi connectivity index (χ3v) is 3.48. The molecular formula is C15H32N2O6. The average molecular weight is 336 g/mol. The molecule has 0 bridgehead atoms. The Bertz CT molecular complexity index is 244. The van der Waals surface area contributed by atoms with Crippen LogP contribution in [0, 0.1) is 0 Å². The fourth-order valence-corrected chi connectivity index (χ4v) is 2.02. The summed E-state index contributed by atoms with van der Waals surface area (Å²) in [7, 11) is 0. The molecule has 1 saturated heterocycles. The van der Waals surface area contributed by atoms with Crippen LogP contribution in [0.1, 0.15) is 6.42 Å². The van der Waals surface area contributed by atoms with Gasteiger partial charge < -0.3 is 39.8 Å². The van der Waals surface area contributed by atoms with E-state index in [0.717, 1.165) is 19.5 Å². The lowest BCUT2D eigenvalue weighted by Crippen LogP contribution is -2.47. The zero-order chi connectivity index (χ0) is 16.6. The van der Waals surface area contributed by atoms with Crippen molar-refractivity contribution in [3.63, 3.8) is 0 Å². The summed E-state index contributed by atoms with van der Waals surface area (Å²) in [5.41, 5.74) is -1.05. The predicted molar refractivity (Wildman–Crippen MR) is 85.7 cm³/mol. The molecular weight excluding hydrogens is 304 g/mol. The van der Waals surface area contributed by atoms with E-state index < -0.39 is 5.60 Å². The molecule has 1 heterocycles. The van der Waals surface area contributed by atoms with E-state index in [2.05, 4.69) is 10.6 Å². The van der Waals surface area contributed by atoms with Crippen LogP contribution in [0.2, 0.25) is 0 Å². The molecule has 4 N–H and O–H groups in total. The van der Waals surface area contributed by atoms with Crippen molar-refractivity contribution in [2.45, 2.75) is 12.0 Å². The van der Waals surface area contributed by atoms with Crippen LogP contribution < -0.4 is 10.6 Å². The number of aliphatic hydroxyl groups excluding tert-OH is 2. The first-order valence-electron chi connectivity index (χ1n) is 8.33. The molecule has 1 aliphatic heterocycles. The van der Waals surface area contributed by atoms with Gasteiger partial charge in [0.05, 0.1) is 46.2 Å². The van der Waals surface area contributed by atoms with Gasteiger partial charge in [0.2, 0.25) is 0 Å². The fourth-order valence-electron chi connectivity index (χ4n) is 2.02. The Morgan fingerprint density at radius 2 is 1.22 bits per heavy atom. The lowest BCUT2D eigenvalue weighted by Gasteiger charge is -2.30. The Morgan fingerprint density at radius 3 is 1.78 bits per heavy atom. The van der Waals surface area contributed by atoms with Crippen LogP contribution in [0.15, 0.2) is 0 Å². The van der Waals surface area contributed by atoms with Crippen LogP contribution in [-0.2, 0) is 18.9 Å². The van der Waals surface area contributed by atoms with Crippen LogP contribution in [0.25, 0.3) is 0 Å². The molecule has 0 spiro atoms. The minimum Gasteiger partial charge on any atom is -0.393 e. The molecule has 1 rings (SSSR count). The van der Waals surface area contributed by atoms with Crippen LogP contribution in [0.4, 0.5) is 0 Å². The van der Waals surface area contributed by atoms with Gasteiger partial charge in [0.1, 0.15) is 5.60 Å². The fraction of sp³-hybridized carbons (Fsp3) is 1.00. The lowest BCUT2D eigenvalue weighted by atomic mass is 10.1. The first-order chi connectivity index (χ1) is 11.3. The largest absolute Gasteiger partial charge is 0.393 e. The molecule has 138 valence electrons. The number of hydrogen-bond acceptors (Lipinski definition) is 8. The summed E-state index contributed by atoms with van der Waals surface area (Å²) in [6.07, 6.45) is 0.891. The Labute approximate surface area is 138 Å². The van der Waals surface area contributed by atoms with Gasteiger partial charge in [-0.3, -0.25) is 0 Å². The lowest BCUT2D eigenvalue weighted by molar-refractivity contribution is -0.144. The molecule has 0 atom stereocenters. The van der Waals surface area contributed by atoms with E-state index in [1.54, 1.807) is 0 Å². The third kappa shape index (κ3) is 10.2. The highest BCUT2D eigenvalue weighted by molar-refractivity contribution is 4.79. The molecule has 0 amide bonds. The summed E-state index contributed by atoms with van der Waals surface area (Å²) >= 11 is 0. The Kier molecular flexibility index (Phi) is 12.7. The first-order valence-corrected chi connectivity index (χ1v) is 8.33. The summed E-state index contributed by atoms with van der Waals surface area (Å²) in [6, 6.07) is 0. The third-order valence-electron chi connectivity index (χ3n) is 3.48. The topological polar surface area (TPSA) is 101 Å². The van der Waals surface area contributed by atoms with Gasteiger partial charge in [0.25, 0.3) is 0 Å². The summed E-state index contributed by atoms with van der Waals surface area (Å²) in [4.78, 5) is 0. The summed E-state index contributed by atoms with van der Waals surface area (Å²) in [6.45, 7) is 5.93. The minimum absolute atomic E-state index is 0.154. The standard InChI is InChI=1S/C15H32N2O6/c18-12-15(13-19)14-22-10-4-16-2-8-20-6-1-7-21-9-3-17-5-11-23-15/h16-19H,1-14H2. The van der Waals surface area contributed by atoms with Crippen LogP contribution in [0.5, 0.6) is 0 Å². The van der Waals surface area contributed by atoms with Crippen LogP contribution >= 0.6 is 0 Å². The molecule has 0 unspecified atom stereocenters. The van der Waals surface area contributed by atoms with Crippen LogP contribution in [-0.4, -0.2) is 101 Å². The van der Waals surface area contributed by atoms with Gasteiger partial charge in [0, 0.05) is 39.4 Å². The van der Waals surface area contributed by atoms with Gasteiger partial charge in [-0.05, 0) is 6.42 Å². The maximum absolute atomic E-state index is 9.49. The van der Waals surface area contributed by atoms with Gasteiger partial charge in [-0.1, -0.05) is 0 Å². The van der Waals surface area contributed by atoms with Crippen molar-refractivity contribution in [3.8, 4) is 0 Å². The van der Waals surface area contributed by atoms with Crippen molar-refractivity contribution in [1.82, 2.24) is 10.6 Å². The number of aliphatic hydroxyl groups is 2. The van der Waals surface area contributed by atoms with E-state index in [1.165, 1.54) is 0 Å². The quantitative estimate of drug-likeness (QED) is 0.476. The maximum atomic E-state index is 9.49.